The molecule has 3 heteroatoms. The van der Waals surface area contributed by atoms with E-state index in [1.54, 1.807) is 6.07 Å². The van der Waals surface area contributed by atoms with Gasteiger partial charge in [0.1, 0.15) is 11.9 Å². The Hall–Kier alpha value is -1.82. The average molecular weight is 202 g/mol. The Labute approximate surface area is 88.2 Å². The van der Waals surface area contributed by atoms with Crippen LogP contribution in [0.5, 0.6) is 0 Å². The van der Waals surface area contributed by atoms with Gasteiger partial charge in [0.15, 0.2) is 0 Å². The highest BCUT2D eigenvalue weighted by molar-refractivity contribution is 5.51. The number of anilines is 1. The van der Waals surface area contributed by atoms with E-state index in [0.717, 1.165) is 25.2 Å². The molecule has 2 nitrogen and oxygen atoms in total. The molecular formula is C12H11FN2. The summed E-state index contributed by atoms with van der Waals surface area (Å²) in [6, 6.07) is 6.57. The molecule has 2 rings (SSSR count). The normalized spacial score (nSPS) is 15.1. The highest BCUT2D eigenvalue weighted by Crippen LogP contribution is 2.20. The van der Waals surface area contributed by atoms with E-state index >= 15 is 0 Å². The first-order valence-corrected chi connectivity index (χ1v) is 4.91. The predicted octanol–water partition coefficient (Wildman–Crippen LogP) is 2.46. The van der Waals surface area contributed by atoms with Gasteiger partial charge in [-0.3, -0.25) is 0 Å². The van der Waals surface area contributed by atoms with Gasteiger partial charge >= 0.3 is 0 Å². The van der Waals surface area contributed by atoms with Crippen LogP contribution in [0.15, 0.2) is 30.4 Å². The summed E-state index contributed by atoms with van der Waals surface area (Å²) < 4.78 is 13.3. The van der Waals surface area contributed by atoms with Crippen LogP contribution in [0.4, 0.5) is 10.1 Å². The van der Waals surface area contributed by atoms with Crippen LogP contribution >= 0.6 is 0 Å². The molecule has 0 saturated heterocycles. The van der Waals surface area contributed by atoms with Gasteiger partial charge in [0.2, 0.25) is 0 Å². The molecule has 0 aromatic heterocycles. The first kappa shape index (κ1) is 9.72. The number of benzene rings is 1. The molecule has 0 unspecified atom stereocenters. The molecule has 0 radical (unpaired) electrons. The van der Waals surface area contributed by atoms with E-state index in [-0.39, 0.29) is 5.56 Å². The van der Waals surface area contributed by atoms with Crippen LogP contribution in [-0.4, -0.2) is 13.1 Å². The molecule has 1 aliphatic heterocycles. The van der Waals surface area contributed by atoms with Gasteiger partial charge in [-0.25, -0.2) is 4.39 Å². The Morgan fingerprint density at radius 2 is 2.20 bits per heavy atom. The van der Waals surface area contributed by atoms with Crippen molar-refractivity contribution in [2.24, 2.45) is 0 Å². The highest BCUT2D eigenvalue weighted by Gasteiger charge is 2.09. The molecular weight excluding hydrogens is 191 g/mol. The van der Waals surface area contributed by atoms with E-state index in [9.17, 15) is 4.39 Å². The summed E-state index contributed by atoms with van der Waals surface area (Å²) in [6.45, 7) is 1.72. The van der Waals surface area contributed by atoms with E-state index in [4.69, 9.17) is 5.26 Å². The minimum absolute atomic E-state index is 0.103. The number of nitrogens with zero attached hydrogens (tertiary/aromatic N) is 2. The van der Waals surface area contributed by atoms with Crippen LogP contribution in [-0.2, 0) is 0 Å². The van der Waals surface area contributed by atoms with E-state index in [1.807, 2.05) is 6.07 Å². The lowest BCUT2D eigenvalue weighted by Crippen LogP contribution is -2.26. The fourth-order valence-electron chi connectivity index (χ4n) is 1.67. The molecule has 0 aliphatic carbocycles. The molecule has 76 valence electrons. The highest BCUT2D eigenvalue weighted by atomic mass is 19.1. The van der Waals surface area contributed by atoms with Gasteiger partial charge in [-0.15, -0.1) is 0 Å². The van der Waals surface area contributed by atoms with Crippen molar-refractivity contribution < 1.29 is 4.39 Å². The van der Waals surface area contributed by atoms with E-state index in [1.165, 1.54) is 12.1 Å². The third-order valence-corrected chi connectivity index (χ3v) is 2.50. The third-order valence-electron chi connectivity index (χ3n) is 2.50. The summed E-state index contributed by atoms with van der Waals surface area (Å²) in [6.07, 6.45) is 5.18. The fourth-order valence-corrected chi connectivity index (χ4v) is 1.67. The molecule has 0 saturated carbocycles. The maximum absolute atomic E-state index is 13.3. The Balaban J connectivity index is 2.26. The van der Waals surface area contributed by atoms with Crippen LogP contribution in [0, 0.1) is 17.1 Å². The van der Waals surface area contributed by atoms with E-state index in [2.05, 4.69) is 17.1 Å². The van der Waals surface area contributed by atoms with Gasteiger partial charge < -0.3 is 4.90 Å². The van der Waals surface area contributed by atoms with Crippen molar-refractivity contribution in [3.63, 3.8) is 0 Å². The van der Waals surface area contributed by atoms with Crippen molar-refractivity contribution >= 4 is 5.69 Å². The third kappa shape index (κ3) is 1.99. The summed E-state index contributed by atoms with van der Waals surface area (Å²) in [7, 11) is 0. The summed E-state index contributed by atoms with van der Waals surface area (Å²) in [4.78, 5) is 2.09. The molecule has 0 N–H and O–H groups in total. The van der Waals surface area contributed by atoms with Crippen LogP contribution in [0.1, 0.15) is 12.0 Å². The second-order valence-corrected chi connectivity index (χ2v) is 3.48. The van der Waals surface area contributed by atoms with Gasteiger partial charge in [0, 0.05) is 18.8 Å². The largest absolute Gasteiger partial charge is 0.367 e. The lowest BCUT2D eigenvalue weighted by atomic mass is 10.1. The first-order chi connectivity index (χ1) is 7.31. The quantitative estimate of drug-likeness (QED) is 0.654. The SMILES string of the molecule is N#Cc1ccc(N2CC=CCC2)cc1F. The Bertz CT molecular complexity index is 432. The second kappa shape index (κ2) is 4.14. The summed E-state index contributed by atoms with van der Waals surface area (Å²) >= 11 is 0. The second-order valence-electron chi connectivity index (χ2n) is 3.48. The molecule has 0 bridgehead atoms. The molecule has 0 atom stereocenters. The Morgan fingerprint density at radius 1 is 1.33 bits per heavy atom. The minimum atomic E-state index is -0.440. The maximum Gasteiger partial charge on any atom is 0.143 e. The Morgan fingerprint density at radius 3 is 2.80 bits per heavy atom. The Kier molecular flexibility index (Phi) is 2.68. The number of hydrogen-bond acceptors (Lipinski definition) is 2. The zero-order chi connectivity index (χ0) is 10.7. The first-order valence-electron chi connectivity index (χ1n) is 4.91. The molecule has 0 amide bonds. The molecule has 1 aliphatic rings. The average Bonchev–Trinajstić information content (AvgIpc) is 2.30. The number of nitriles is 1. The molecule has 0 fully saturated rings. The number of hydrogen-bond donors (Lipinski definition) is 0. The molecule has 0 spiro atoms. The van der Waals surface area contributed by atoms with Gasteiger partial charge in [0.25, 0.3) is 0 Å². The maximum atomic E-state index is 13.3. The monoisotopic (exact) mass is 202 g/mol. The van der Waals surface area contributed by atoms with Crippen molar-refractivity contribution in [3.05, 3.63) is 41.7 Å². The lowest BCUT2D eigenvalue weighted by Gasteiger charge is -2.25. The van der Waals surface area contributed by atoms with Crippen molar-refractivity contribution in [3.8, 4) is 6.07 Å². The molecule has 15 heavy (non-hydrogen) atoms. The van der Waals surface area contributed by atoms with Crippen molar-refractivity contribution in [2.45, 2.75) is 6.42 Å². The fraction of sp³-hybridized carbons (Fsp3) is 0.250. The number of rotatable bonds is 1. The topological polar surface area (TPSA) is 27.0 Å². The summed E-state index contributed by atoms with van der Waals surface area (Å²) in [5.74, 6) is -0.440. The van der Waals surface area contributed by atoms with Gasteiger partial charge in [0.05, 0.1) is 5.56 Å². The minimum Gasteiger partial charge on any atom is -0.367 e. The van der Waals surface area contributed by atoms with Crippen molar-refractivity contribution in [1.29, 1.82) is 5.26 Å². The summed E-state index contributed by atoms with van der Waals surface area (Å²) in [5, 5.41) is 8.60. The van der Waals surface area contributed by atoms with Gasteiger partial charge in [-0.1, -0.05) is 12.2 Å². The van der Waals surface area contributed by atoms with Crippen LogP contribution < -0.4 is 4.90 Å². The predicted molar refractivity (Wildman–Crippen MR) is 57.1 cm³/mol. The molecule has 1 aromatic rings. The standard InChI is InChI=1S/C12H11FN2/c13-12-8-11(5-4-10(12)9-14)15-6-2-1-3-7-15/h1-2,4-5,8H,3,6-7H2. The smallest absolute Gasteiger partial charge is 0.143 e. The van der Waals surface area contributed by atoms with Crippen molar-refractivity contribution in [1.82, 2.24) is 0 Å². The lowest BCUT2D eigenvalue weighted by molar-refractivity contribution is 0.622. The van der Waals surface area contributed by atoms with Crippen LogP contribution in [0.25, 0.3) is 0 Å². The van der Waals surface area contributed by atoms with E-state index in [0.29, 0.717) is 0 Å². The molecule has 1 aromatic carbocycles. The zero-order valence-corrected chi connectivity index (χ0v) is 8.28. The summed E-state index contributed by atoms with van der Waals surface area (Å²) in [5.41, 5.74) is 0.946. The molecule has 1 heterocycles. The van der Waals surface area contributed by atoms with Crippen molar-refractivity contribution in [2.75, 3.05) is 18.0 Å². The van der Waals surface area contributed by atoms with Gasteiger partial charge in [-0.2, -0.15) is 5.26 Å². The number of halogens is 1. The van der Waals surface area contributed by atoms with Crippen LogP contribution in [0.2, 0.25) is 0 Å². The van der Waals surface area contributed by atoms with E-state index < -0.39 is 5.82 Å². The zero-order valence-electron chi connectivity index (χ0n) is 8.28. The van der Waals surface area contributed by atoms with Gasteiger partial charge in [-0.05, 0) is 24.6 Å². The van der Waals surface area contributed by atoms with Crippen LogP contribution in [0.3, 0.4) is 0 Å².